The van der Waals surface area contributed by atoms with E-state index in [0.29, 0.717) is 18.2 Å². The maximum absolute atomic E-state index is 13.9. The summed E-state index contributed by atoms with van der Waals surface area (Å²) in [7, 11) is 0. The fourth-order valence-electron chi connectivity index (χ4n) is 2.86. The zero-order valence-electron chi connectivity index (χ0n) is 12.2. The molecule has 0 aliphatic carbocycles. The lowest BCUT2D eigenvalue weighted by atomic mass is 9.95. The minimum absolute atomic E-state index is 0.270. The highest BCUT2D eigenvalue weighted by Gasteiger charge is 2.32. The summed E-state index contributed by atoms with van der Waals surface area (Å²) in [5, 5.41) is 0. The second-order valence-corrected chi connectivity index (χ2v) is 5.54. The molecule has 23 heavy (non-hydrogen) atoms. The van der Waals surface area contributed by atoms with Crippen LogP contribution in [0.3, 0.4) is 0 Å². The van der Waals surface area contributed by atoms with Crippen molar-refractivity contribution in [3.63, 3.8) is 0 Å². The average molecular weight is 323 g/mol. The van der Waals surface area contributed by atoms with Gasteiger partial charge in [-0.2, -0.15) is 0 Å². The first-order chi connectivity index (χ1) is 10.9. The number of carbonyl (C=O) groups excluding carboxylic acids is 1. The van der Waals surface area contributed by atoms with Crippen molar-refractivity contribution in [2.75, 3.05) is 4.90 Å². The van der Waals surface area contributed by atoms with Crippen LogP contribution in [0.25, 0.3) is 0 Å². The number of halogens is 4. The molecular formula is C17H13F4NO. The van der Waals surface area contributed by atoms with Crippen LogP contribution in [-0.2, 0) is 6.42 Å². The zero-order chi connectivity index (χ0) is 16.7. The summed E-state index contributed by atoms with van der Waals surface area (Å²) in [6.45, 7) is 1.77. The van der Waals surface area contributed by atoms with Crippen molar-refractivity contribution in [2.24, 2.45) is 0 Å². The number of hydrogen-bond donors (Lipinski definition) is 0. The number of carbonyl (C=O) groups is 1. The summed E-state index contributed by atoms with van der Waals surface area (Å²) in [6, 6.07) is 7.20. The van der Waals surface area contributed by atoms with Crippen molar-refractivity contribution < 1.29 is 22.4 Å². The molecule has 1 unspecified atom stereocenters. The Kier molecular flexibility index (Phi) is 3.83. The van der Waals surface area contributed by atoms with E-state index in [0.717, 1.165) is 12.0 Å². The van der Waals surface area contributed by atoms with E-state index in [9.17, 15) is 22.4 Å². The predicted octanol–water partition coefficient (Wildman–Crippen LogP) is 4.22. The predicted molar refractivity (Wildman–Crippen MR) is 77.3 cm³/mol. The Morgan fingerprint density at radius 3 is 2.52 bits per heavy atom. The molecule has 1 aliphatic heterocycles. The van der Waals surface area contributed by atoms with E-state index in [4.69, 9.17) is 0 Å². The third kappa shape index (κ3) is 2.48. The Morgan fingerprint density at radius 1 is 1.09 bits per heavy atom. The van der Waals surface area contributed by atoms with Crippen LogP contribution in [0, 0.1) is 23.3 Å². The Balaban J connectivity index is 2.11. The highest BCUT2D eigenvalue weighted by atomic mass is 19.2. The van der Waals surface area contributed by atoms with Gasteiger partial charge in [0.1, 0.15) is 0 Å². The molecule has 0 radical (unpaired) electrons. The molecule has 0 saturated carbocycles. The minimum Gasteiger partial charge on any atom is -0.305 e. The lowest BCUT2D eigenvalue weighted by Gasteiger charge is -2.35. The lowest BCUT2D eigenvalue weighted by Crippen LogP contribution is -2.42. The first kappa shape index (κ1) is 15.5. The van der Waals surface area contributed by atoms with Gasteiger partial charge >= 0.3 is 0 Å². The van der Waals surface area contributed by atoms with E-state index >= 15 is 0 Å². The van der Waals surface area contributed by atoms with Gasteiger partial charge in [0.25, 0.3) is 5.91 Å². The smallest absolute Gasteiger partial charge is 0.261 e. The van der Waals surface area contributed by atoms with Gasteiger partial charge in [-0.1, -0.05) is 18.2 Å². The van der Waals surface area contributed by atoms with Gasteiger partial charge in [0.15, 0.2) is 23.3 Å². The first-order valence-corrected chi connectivity index (χ1v) is 7.16. The molecular weight excluding hydrogens is 310 g/mol. The molecule has 0 N–H and O–H groups in total. The number of aryl methyl sites for hydroxylation is 1. The summed E-state index contributed by atoms with van der Waals surface area (Å²) in [4.78, 5) is 13.9. The largest absolute Gasteiger partial charge is 0.305 e. The molecule has 0 fully saturated rings. The molecule has 0 spiro atoms. The molecule has 2 aromatic rings. The average Bonchev–Trinajstić information content (AvgIpc) is 2.55. The van der Waals surface area contributed by atoms with Crippen molar-refractivity contribution >= 4 is 11.6 Å². The van der Waals surface area contributed by atoms with E-state index in [1.807, 2.05) is 12.1 Å². The van der Waals surface area contributed by atoms with E-state index < -0.39 is 34.7 Å². The summed E-state index contributed by atoms with van der Waals surface area (Å²) in [5.41, 5.74) is 0.646. The van der Waals surface area contributed by atoms with E-state index in [2.05, 4.69) is 0 Å². The Morgan fingerprint density at radius 2 is 1.78 bits per heavy atom. The van der Waals surface area contributed by atoms with Gasteiger partial charge < -0.3 is 4.90 Å². The molecule has 1 amide bonds. The van der Waals surface area contributed by atoms with E-state index in [1.165, 1.54) is 4.90 Å². The van der Waals surface area contributed by atoms with Crippen LogP contribution < -0.4 is 4.90 Å². The molecule has 1 atom stereocenters. The first-order valence-electron chi connectivity index (χ1n) is 7.16. The monoisotopic (exact) mass is 323 g/mol. The number of fused-ring (bicyclic) bond motifs is 1. The molecule has 1 aliphatic rings. The Bertz CT molecular complexity index is 790. The number of hydrogen-bond acceptors (Lipinski definition) is 1. The molecule has 3 rings (SSSR count). The van der Waals surface area contributed by atoms with Crippen molar-refractivity contribution in [2.45, 2.75) is 25.8 Å². The molecule has 2 aromatic carbocycles. The maximum Gasteiger partial charge on any atom is 0.261 e. The fourth-order valence-corrected chi connectivity index (χ4v) is 2.86. The number of benzene rings is 2. The topological polar surface area (TPSA) is 20.3 Å². The maximum atomic E-state index is 13.9. The third-order valence-electron chi connectivity index (χ3n) is 4.08. The molecule has 0 bridgehead atoms. The summed E-state index contributed by atoms with van der Waals surface area (Å²) < 4.78 is 53.8. The van der Waals surface area contributed by atoms with Gasteiger partial charge in [-0.05, 0) is 37.5 Å². The highest BCUT2D eigenvalue weighted by Crippen LogP contribution is 2.32. The van der Waals surface area contributed by atoms with E-state index in [1.54, 1.807) is 19.1 Å². The molecule has 6 heteroatoms. The van der Waals surface area contributed by atoms with Crippen LogP contribution in [0.1, 0.15) is 29.3 Å². The molecule has 1 heterocycles. The van der Waals surface area contributed by atoms with Gasteiger partial charge in [0, 0.05) is 11.7 Å². The van der Waals surface area contributed by atoms with Crippen molar-refractivity contribution in [3.8, 4) is 0 Å². The second kappa shape index (κ2) is 5.68. The number of anilines is 1. The van der Waals surface area contributed by atoms with Crippen LogP contribution in [-0.4, -0.2) is 11.9 Å². The van der Waals surface area contributed by atoms with Crippen molar-refractivity contribution in [1.29, 1.82) is 0 Å². The summed E-state index contributed by atoms with van der Waals surface area (Å²) in [5.74, 6) is -8.06. The van der Waals surface area contributed by atoms with Crippen LogP contribution in [0.2, 0.25) is 0 Å². The van der Waals surface area contributed by atoms with Crippen LogP contribution >= 0.6 is 0 Å². The number of para-hydroxylation sites is 1. The fraction of sp³-hybridized carbons (Fsp3) is 0.235. The van der Waals surface area contributed by atoms with Gasteiger partial charge in [-0.15, -0.1) is 0 Å². The quantitative estimate of drug-likeness (QED) is 0.437. The molecule has 0 saturated heterocycles. The van der Waals surface area contributed by atoms with Crippen molar-refractivity contribution in [1.82, 2.24) is 0 Å². The van der Waals surface area contributed by atoms with Gasteiger partial charge in [-0.25, -0.2) is 17.6 Å². The number of amides is 1. The lowest BCUT2D eigenvalue weighted by molar-refractivity contribution is 0.0969. The molecule has 2 nitrogen and oxygen atoms in total. The normalized spacial score (nSPS) is 17.1. The Hall–Kier alpha value is -2.37. The minimum atomic E-state index is -1.98. The number of rotatable bonds is 1. The van der Waals surface area contributed by atoms with E-state index in [-0.39, 0.29) is 6.04 Å². The molecule has 120 valence electrons. The van der Waals surface area contributed by atoms with Crippen LogP contribution in [0.5, 0.6) is 0 Å². The third-order valence-corrected chi connectivity index (χ3v) is 4.08. The zero-order valence-corrected chi connectivity index (χ0v) is 12.2. The van der Waals surface area contributed by atoms with Gasteiger partial charge in [0.05, 0.1) is 5.56 Å². The highest BCUT2D eigenvalue weighted by molar-refractivity contribution is 6.07. The standard InChI is InChI=1S/C17H13F4NO/c1-9-6-7-10-4-2-3-5-13(10)22(9)17(23)11-8-12(18)15(20)16(21)14(11)19/h2-5,8-9H,6-7H2,1H3. The van der Waals surface area contributed by atoms with Gasteiger partial charge in [-0.3, -0.25) is 4.79 Å². The van der Waals surface area contributed by atoms with Crippen molar-refractivity contribution in [3.05, 3.63) is 64.7 Å². The van der Waals surface area contributed by atoms with Gasteiger partial charge in [0.2, 0.25) is 0 Å². The second-order valence-electron chi connectivity index (χ2n) is 5.54. The molecule has 0 aromatic heterocycles. The Labute approximate surface area is 130 Å². The van der Waals surface area contributed by atoms with Crippen LogP contribution in [0.4, 0.5) is 23.2 Å². The summed E-state index contributed by atoms with van der Waals surface area (Å²) in [6.07, 6.45) is 1.38. The SMILES string of the molecule is CC1CCc2ccccc2N1C(=O)c1cc(F)c(F)c(F)c1F. The number of nitrogens with zero attached hydrogens (tertiary/aromatic N) is 1. The summed E-state index contributed by atoms with van der Waals surface area (Å²) >= 11 is 0. The van der Waals surface area contributed by atoms with Crippen LogP contribution in [0.15, 0.2) is 30.3 Å².